The fraction of sp³-hybridized carbons (Fsp3) is 0.538. The molecule has 0 aromatic heterocycles. The second-order valence-corrected chi connectivity index (χ2v) is 4.65. The largest absolute Gasteiger partial charge is 0.573 e. The fourth-order valence-electron chi connectivity index (χ4n) is 1.46. The Morgan fingerprint density at radius 3 is 2.24 bits per heavy atom. The van der Waals surface area contributed by atoms with Gasteiger partial charge in [-0.3, -0.25) is 0 Å². The first-order chi connectivity index (χ1) is 9.85. The third kappa shape index (κ3) is 7.01. The zero-order chi connectivity index (χ0) is 15.9. The van der Waals surface area contributed by atoms with Gasteiger partial charge in [-0.05, 0) is 48.0 Å². The molecule has 4 nitrogen and oxygen atoms in total. The van der Waals surface area contributed by atoms with Crippen LogP contribution < -0.4 is 9.47 Å². The van der Waals surface area contributed by atoms with Crippen molar-refractivity contribution in [1.82, 2.24) is 0 Å². The lowest BCUT2D eigenvalue weighted by Gasteiger charge is -2.18. The van der Waals surface area contributed by atoms with E-state index < -0.39 is 12.7 Å². The number of benzene rings is 1. The maximum absolute atomic E-state index is 12.1. The summed E-state index contributed by atoms with van der Waals surface area (Å²) in [6, 6.07) is 3.93. The minimum Gasteiger partial charge on any atom is -0.488 e. The van der Waals surface area contributed by atoms with Crippen molar-refractivity contribution in [2.24, 2.45) is 0 Å². The first kappa shape index (κ1) is 18.1. The molecule has 120 valence electrons. The molecule has 0 fully saturated rings. The highest BCUT2D eigenvalue weighted by atomic mass is 79.9. The lowest BCUT2D eigenvalue weighted by molar-refractivity contribution is -0.274. The van der Waals surface area contributed by atoms with Crippen LogP contribution in [0, 0.1) is 0 Å². The van der Waals surface area contributed by atoms with Gasteiger partial charge >= 0.3 is 6.36 Å². The third-order valence-electron chi connectivity index (χ3n) is 2.22. The Kier molecular flexibility index (Phi) is 7.27. The van der Waals surface area contributed by atoms with E-state index in [4.69, 9.17) is 14.2 Å². The van der Waals surface area contributed by atoms with Crippen LogP contribution in [0.1, 0.15) is 13.8 Å². The van der Waals surface area contributed by atoms with Crippen LogP contribution in [0.4, 0.5) is 13.2 Å². The molecule has 1 rings (SSSR count). The Labute approximate surface area is 129 Å². The number of ether oxygens (including phenoxy) is 4. The van der Waals surface area contributed by atoms with Crippen LogP contribution in [0.3, 0.4) is 0 Å². The van der Waals surface area contributed by atoms with Crippen LogP contribution in [-0.4, -0.2) is 32.5 Å². The predicted molar refractivity (Wildman–Crippen MR) is 73.4 cm³/mol. The average Bonchev–Trinajstić information content (AvgIpc) is 2.38. The molecule has 1 aromatic rings. The zero-order valence-corrected chi connectivity index (χ0v) is 13.2. The molecule has 1 aromatic carbocycles. The van der Waals surface area contributed by atoms with Crippen LogP contribution in [0.15, 0.2) is 22.7 Å². The standard InChI is InChI=1S/C13H16BrF3O4/c1-3-18-12(19-4-2)8-20-9-5-6-11(10(14)7-9)21-13(15,16)17/h5-7,12H,3-4,8H2,1-2H3. The highest BCUT2D eigenvalue weighted by Gasteiger charge is 2.32. The Morgan fingerprint density at radius 2 is 1.76 bits per heavy atom. The highest BCUT2D eigenvalue weighted by molar-refractivity contribution is 9.10. The lowest BCUT2D eigenvalue weighted by atomic mass is 10.3. The third-order valence-corrected chi connectivity index (χ3v) is 2.84. The maximum atomic E-state index is 12.1. The summed E-state index contributed by atoms with van der Waals surface area (Å²) in [5.41, 5.74) is 0. The zero-order valence-electron chi connectivity index (χ0n) is 11.6. The van der Waals surface area contributed by atoms with E-state index in [1.54, 1.807) is 0 Å². The van der Waals surface area contributed by atoms with Crippen molar-refractivity contribution in [3.8, 4) is 11.5 Å². The van der Waals surface area contributed by atoms with E-state index in [0.717, 1.165) is 0 Å². The van der Waals surface area contributed by atoms with Crippen molar-refractivity contribution in [3.05, 3.63) is 22.7 Å². The van der Waals surface area contributed by atoms with Gasteiger partial charge < -0.3 is 18.9 Å². The van der Waals surface area contributed by atoms with Crippen LogP contribution in [0.5, 0.6) is 11.5 Å². The molecule has 0 N–H and O–H groups in total. The SMILES string of the molecule is CCOC(COc1ccc(OC(F)(F)F)c(Br)c1)OCC. The summed E-state index contributed by atoms with van der Waals surface area (Å²) < 4.78 is 56.4. The summed E-state index contributed by atoms with van der Waals surface area (Å²) in [5, 5.41) is 0. The summed E-state index contributed by atoms with van der Waals surface area (Å²) >= 11 is 3.00. The normalized spacial score (nSPS) is 11.8. The summed E-state index contributed by atoms with van der Waals surface area (Å²) in [6.07, 6.45) is -5.26. The van der Waals surface area contributed by atoms with Gasteiger partial charge in [-0.1, -0.05) is 0 Å². The lowest BCUT2D eigenvalue weighted by Crippen LogP contribution is -2.25. The molecule has 0 bridgehead atoms. The Hall–Kier alpha value is -0.990. The molecule has 0 amide bonds. The van der Waals surface area contributed by atoms with Crippen molar-refractivity contribution in [2.45, 2.75) is 26.5 Å². The molecule has 21 heavy (non-hydrogen) atoms. The molecule has 0 atom stereocenters. The Morgan fingerprint density at radius 1 is 1.14 bits per heavy atom. The van der Waals surface area contributed by atoms with Gasteiger partial charge in [0.1, 0.15) is 18.1 Å². The van der Waals surface area contributed by atoms with E-state index >= 15 is 0 Å². The topological polar surface area (TPSA) is 36.9 Å². The molecular formula is C13H16BrF3O4. The first-order valence-electron chi connectivity index (χ1n) is 6.27. The van der Waals surface area contributed by atoms with Crippen molar-refractivity contribution in [1.29, 1.82) is 0 Å². The average molecular weight is 373 g/mol. The number of hydrogen-bond acceptors (Lipinski definition) is 4. The van der Waals surface area contributed by atoms with E-state index in [0.29, 0.717) is 19.0 Å². The van der Waals surface area contributed by atoms with E-state index in [1.807, 2.05) is 13.8 Å². The predicted octanol–water partition coefficient (Wildman–Crippen LogP) is 4.13. The van der Waals surface area contributed by atoms with Gasteiger partial charge in [0.05, 0.1) is 4.47 Å². The fourth-order valence-corrected chi connectivity index (χ4v) is 1.90. The van der Waals surface area contributed by atoms with Gasteiger partial charge in [0, 0.05) is 13.2 Å². The molecular weight excluding hydrogens is 357 g/mol. The van der Waals surface area contributed by atoms with Gasteiger partial charge in [0.15, 0.2) is 6.29 Å². The maximum Gasteiger partial charge on any atom is 0.573 e. The molecule has 8 heteroatoms. The van der Waals surface area contributed by atoms with E-state index in [-0.39, 0.29) is 16.8 Å². The molecule has 0 unspecified atom stereocenters. The van der Waals surface area contributed by atoms with E-state index in [9.17, 15) is 13.2 Å². The number of rotatable bonds is 8. The Bertz CT molecular complexity index is 434. The number of halogens is 4. The minimum atomic E-state index is -4.74. The monoisotopic (exact) mass is 372 g/mol. The van der Waals surface area contributed by atoms with Gasteiger partial charge in [-0.2, -0.15) is 0 Å². The molecule has 0 radical (unpaired) electrons. The molecule has 0 aliphatic rings. The summed E-state index contributed by atoms with van der Waals surface area (Å²) in [7, 11) is 0. The molecule has 0 saturated heterocycles. The van der Waals surface area contributed by atoms with Gasteiger partial charge in [-0.25, -0.2) is 0 Å². The molecule has 0 aliphatic carbocycles. The van der Waals surface area contributed by atoms with Crippen molar-refractivity contribution in [2.75, 3.05) is 19.8 Å². The smallest absolute Gasteiger partial charge is 0.488 e. The van der Waals surface area contributed by atoms with Crippen molar-refractivity contribution < 1.29 is 32.1 Å². The molecule has 0 heterocycles. The summed E-state index contributed by atoms with van der Waals surface area (Å²) in [4.78, 5) is 0. The molecule has 0 saturated carbocycles. The molecule has 0 aliphatic heterocycles. The number of alkyl halides is 3. The van der Waals surface area contributed by atoms with Crippen LogP contribution in [0.2, 0.25) is 0 Å². The highest BCUT2D eigenvalue weighted by Crippen LogP contribution is 2.33. The quantitative estimate of drug-likeness (QED) is 0.643. The van der Waals surface area contributed by atoms with Crippen molar-refractivity contribution in [3.63, 3.8) is 0 Å². The van der Waals surface area contributed by atoms with E-state index in [1.165, 1.54) is 18.2 Å². The van der Waals surface area contributed by atoms with E-state index in [2.05, 4.69) is 20.7 Å². The summed E-state index contributed by atoms with van der Waals surface area (Å²) in [5.74, 6) is 0.0434. The van der Waals surface area contributed by atoms with Crippen LogP contribution >= 0.6 is 15.9 Å². The minimum absolute atomic E-state index is 0.133. The van der Waals surface area contributed by atoms with Crippen LogP contribution in [-0.2, 0) is 9.47 Å². The number of hydrogen-bond donors (Lipinski definition) is 0. The first-order valence-corrected chi connectivity index (χ1v) is 7.06. The molecule has 0 spiro atoms. The van der Waals surface area contributed by atoms with Gasteiger partial charge in [0.2, 0.25) is 0 Å². The second-order valence-electron chi connectivity index (χ2n) is 3.79. The Balaban J connectivity index is 2.62. The second kappa shape index (κ2) is 8.45. The van der Waals surface area contributed by atoms with Crippen LogP contribution in [0.25, 0.3) is 0 Å². The van der Waals surface area contributed by atoms with Gasteiger partial charge in [0.25, 0.3) is 0 Å². The summed E-state index contributed by atoms with van der Waals surface area (Å²) in [6.45, 7) is 4.72. The van der Waals surface area contributed by atoms with Gasteiger partial charge in [-0.15, -0.1) is 13.2 Å². The van der Waals surface area contributed by atoms with Crippen molar-refractivity contribution >= 4 is 15.9 Å².